The maximum Gasteiger partial charge on any atom is 0.422 e. The third kappa shape index (κ3) is 6.47. The van der Waals surface area contributed by atoms with Crippen LogP contribution in [0.25, 0.3) is 0 Å². The van der Waals surface area contributed by atoms with Crippen LogP contribution >= 0.6 is 0 Å². The highest BCUT2D eigenvalue weighted by atomic mass is 32.2. The van der Waals surface area contributed by atoms with Crippen LogP contribution in [0.4, 0.5) is 18.9 Å². The molecule has 12 heteroatoms. The van der Waals surface area contributed by atoms with Gasteiger partial charge in [-0.2, -0.15) is 17.5 Å². The zero-order valence-corrected chi connectivity index (χ0v) is 19.2. The first-order valence-corrected chi connectivity index (χ1v) is 12.0. The molecule has 0 spiro atoms. The van der Waals surface area contributed by atoms with E-state index in [0.29, 0.717) is 30.1 Å². The Morgan fingerprint density at radius 1 is 1.18 bits per heavy atom. The number of amides is 1. The molecule has 0 radical (unpaired) electrons. The van der Waals surface area contributed by atoms with Crippen molar-refractivity contribution in [2.45, 2.75) is 57.0 Å². The number of sulfonamides is 1. The van der Waals surface area contributed by atoms with Crippen LogP contribution in [0.5, 0.6) is 5.75 Å². The Hall–Kier alpha value is -2.60. The van der Waals surface area contributed by atoms with Crippen LogP contribution in [-0.4, -0.2) is 49.7 Å². The average molecular weight is 490 g/mol. The van der Waals surface area contributed by atoms with E-state index in [1.165, 1.54) is 10.4 Å². The number of nitrogens with one attached hydrogen (secondary N) is 1. The summed E-state index contributed by atoms with van der Waals surface area (Å²) in [6.45, 7) is 2.43. The second-order valence-corrected chi connectivity index (χ2v) is 9.85. The molecule has 3 rings (SSSR count). The molecule has 8 nitrogen and oxygen atoms in total. The third-order valence-electron chi connectivity index (χ3n) is 5.34. The van der Waals surface area contributed by atoms with Gasteiger partial charge in [0.15, 0.2) is 6.61 Å². The van der Waals surface area contributed by atoms with Crippen molar-refractivity contribution in [3.63, 3.8) is 0 Å². The van der Waals surface area contributed by atoms with Gasteiger partial charge >= 0.3 is 6.18 Å². The Morgan fingerprint density at radius 3 is 2.42 bits per heavy atom. The van der Waals surface area contributed by atoms with Gasteiger partial charge in [-0.1, -0.05) is 18.0 Å². The van der Waals surface area contributed by atoms with Gasteiger partial charge in [0.25, 0.3) is 0 Å². The number of aromatic nitrogens is 1. The van der Waals surface area contributed by atoms with E-state index in [1.807, 2.05) is 0 Å². The maximum atomic E-state index is 13.1. The lowest BCUT2D eigenvalue weighted by Gasteiger charge is -2.21. The topological polar surface area (TPSA) is 102 Å². The summed E-state index contributed by atoms with van der Waals surface area (Å²) in [5, 5.41) is 6.25. The van der Waals surface area contributed by atoms with Crippen LogP contribution in [-0.2, 0) is 21.2 Å². The van der Waals surface area contributed by atoms with Crippen molar-refractivity contribution in [1.82, 2.24) is 9.46 Å². The number of ether oxygens (including phenoxy) is 1. The summed E-state index contributed by atoms with van der Waals surface area (Å²) < 4.78 is 75.6. The van der Waals surface area contributed by atoms with Gasteiger partial charge in [-0.15, -0.1) is 0 Å². The minimum absolute atomic E-state index is 0.128. The van der Waals surface area contributed by atoms with Crippen molar-refractivity contribution >= 4 is 21.6 Å². The van der Waals surface area contributed by atoms with Gasteiger partial charge in [0.1, 0.15) is 11.5 Å². The molecule has 1 saturated heterocycles. The number of carbonyl (C=O) groups is 1. The number of hydrogen-bond acceptors (Lipinski definition) is 6. The van der Waals surface area contributed by atoms with E-state index in [4.69, 9.17) is 9.26 Å². The standard InChI is InChI=1S/C21H26F3N3O5S/c1-14-17(15(2)32-26-14)12-20(28)25-18-11-16(7-8-19(18)31-13-21(22,23)24)33(29,30)27-9-5-3-4-6-10-27/h7-8,11H,3-6,9-10,12-13H2,1-2H3,(H,25,28). The Morgan fingerprint density at radius 2 is 1.85 bits per heavy atom. The van der Waals surface area contributed by atoms with Crippen LogP contribution in [0.2, 0.25) is 0 Å². The summed E-state index contributed by atoms with van der Waals surface area (Å²) in [6, 6.07) is 3.45. The first-order chi connectivity index (χ1) is 15.5. The molecule has 182 valence electrons. The molecule has 1 aliphatic rings. The van der Waals surface area contributed by atoms with Crippen molar-refractivity contribution in [2.75, 3.05) is 25.0 Å². The lowest BCUT2D eigenvalue weighted by molar-refractivity contribution is -0.153. The van der Waals surface area contributed by atoms with Gasteiger partial charge in [0.05, 0.1) is 22.7 Å². The second-order valence-electron chi connectivity index (χ2n) is 7.91. The zero-order valence-electron chi connectivity index (χ0n) is 18.4. The van der Waals surface area contributed by atoms with E-state index in [1.54, 1.807) is 13.8 Å². The highest BCUT2D eigenvalue weighted by molar-refractivity contribution is 7.89. The quantitative estimate of drug-likeness (QED) is 0.631. The molecule has 33 heavy (non-hydrogen) atoms. The Balaban J connectivity index is 1.89. The van der Waals surface area contributed by atoms with E-state index in [-0.39, 0.29) is 22.8 Å². The van der Waals surface area contributed by atoms with Gasteiger partial charge in [0, 0.05) is 18.7 Å². The SMILES string of the molecule is Cc1noc(C)c1CC(=O)Nc1cc(S(=O)(=O)N2CCCCCC2)ccc1OCC(F)(F)F. The van der Waals surface area contributed by atoms with Crippen molar-refractivity contribution in [3.05, 3.63) is 35.2 Å². The van der Waals surface area contributed by atoms with Crippen LogP contribution < -0.4 is 10.1 Å². The van der Waals surface area contributed by atoms with Gasteiger partial charge in [-0.3, -0.25) is 4.79 Å². The Labute approximate surface area is 190 Å². The number of anilines is 1. The fourth-order valence-corrected chi connectivity index (χ4v) is 5.14. The third-order valence-corrected chi connectivity index (χ3v) is 7.23. The highest BCUT2D eigenvalue weighted by Gasteiger charge is 2.30. The van der Waals surface area contributed by atoms with Crippen LogP contribution in [0.3, 0.4) is 0 Å². The van der Waals surface area contributed by atoms with E-state index >= 15 is 0 Å². The smallest absolute Gasteiger partial charge is 0.422 e. The summed E-state index contributed by atoms with van der Waals surface area (Å²) in [5.74, 6) is -0.423. The van der Waals surface area contributed by atoms with Crippen molar-refractivity contribution in [3.8, 4) is 5.75 Å². The number of hydrogen-bond donors (Lipinski definition) is 1. The van der Waals surface area contributed by atoms with E-state index in [2.05, 4.69) is 10.5 Å². The van der Waals surface area contributed by atoms with Gasteiger partial charge in [0.2, 0.25) is 15.9 Å². The van der Waals surface area contributed by atoms with E-state index in [0.717, 1.165) is 37.8 Å². The molecular formula is C21H26F3N3O5S. The molecule has 0 atom stereocenters. The molecule has 1 N–H and O–H groups in total. The number of benzene rings is 1. The minimum Gasteiger partial charge on any atom is -0.482 e. The fraction of sp³-hybridized carbons (Fsp3) is 0.524. The van der Waals surface area contributed by atoms with E-state index in [9.17, 15) is 26.4 Å². The average Bonchev–Trinajstić information content (AvgIpc) is 2.94. The Bertz CT molecular complexity index is 1070. The van der Waals surface area contributed by atoms with Crippen molar-refractivity contribution in [1.29, 1.82) is 0 Å². The lowest BCUT2D eigenvalue weighted by atomic mass is 10.1. The van der Waals surface area contributed by atoms with Crippen LogP contribution in [0.15, 0.2) is 27.6 Å². The molecule has 0 aliphatic carbocycles. The van der Waals surface area contributed by atoms with Gasteiger partial charge in [-0.25, -0.2) is 8.42 Å². The molecule has 2 heterocycles. The summed E-state index contributed by atoms with van der Waals surface area (Å²) >= 11 is 0. The first-order valence-electron chi connectivity index (χ1n) is 10.5. The molecular weight excluding hydrogens is 463 g/mol. The normalized spacial score (nSPS) is 15.8. The van der Waals surface area contributed by atoms with Crippen LogP contribution in [0.1, 0.15) is 42.7 Å². The summed E-state index contributed by atoms with van der Waals surface area (Å²) in [6.07, 6.45) is -1.43. The molecule has 1 amide bonds. The summed E-state index contributed by atoms with van der Waals surface area (Å²) in [5.41, 5.74) is 0.888. The minimum atomic E-state index is -4.60. The number of carbonyl (C=O) groups excluding carboxylic acids is 1. The van der Waals surface area contributed by atoms with Gasteiger partial charge < -0.3 is 14.6 Å². The van der Waals surface area contributed by atoms with Crippen molar-refractivity contribution in [2.24, 2.45) is 0 Å². The molecule has 1 aromatic carbocycles. The predicted octanol–water partition coefficient (Wildman–Crippen LogP) is 3.98. The molecule has 1 fully saturated rings. The number of aryl methyl sites for hydroxylation is 2. The van der Waals surface area contributed by atoms with Crippen molar-refractivity contribution < 1.29 is 35.6 Å². The molecule has 0 saturated carbocycles. The second kappa shape index (κ2) is 10.1. The van der Waals surface area contributed by atoms with Crippen LogP contribution in [0, 0.1) is 13.8 Å². The maximum absolute atomic E-state index is 13.1. The molecule has 0 unspecified atom stereocenters. The lowest BCUT2D eigenvalue weighted by Crippen LogP contribution is -2.32. The largest absolute Gasteiger partial charge is 0.482 e. The number of rotatable bonds is 7. The van der Waals surface area contributed by atoms with Gasteiger partial charge in [-0.05, 0) is 44.9 Å². The molecule has 0 bridgehead atoms. The Kier molecular flexibility index (Phi) is 7.68. The summed E-state index contributed by atoms with van der Waals surface area (Å²) in [7, 11) is -3.89. The first kappa shape index (κ1) is 25.0. The number of alkyl halides is 3. The molecule has 2 aromatic rings. The zero-order chi connectivity index (χ0) is 24.2. The number of halogens is 3. The fourth-order valence-electron chi connectivity index (χ4n) is 3.59. The number of nitrogens with zero attached hydrogens (tertiary/aromatic N) is 2. The monoisotopic (exact) mass is 489 g/mol. The summed E-state index contributed by atoms with van der Waals surface area (Å²) in [4.78, 5) is 12.5. The highest BCUT2D eigenvalue weighted by Crippen LogP contribution is 2.31. The molecule has 1 aromatic heterocycles. The van der Waals surface area contributed by atoms with E-state index < -0.39 is 28.7 Å². The molecule has 1 aliphatic heterocycles. The predicted molar refractivity (Wildman–Crippen MR) is 114 cm³/mol.